The Morgan fingerprint density at radius 2 is 2.10 bits per heavy atom. The minimum atomic E-state index is 0.551. The first-order valence-electron chi connectivity index (χ1n) is 10.7. The van der Waals surface area contributed by atoms with Crippen LogP contribution in [0.1, 0.15) is 32.3 Å². The number of pyridine rings is 1. The first kappa shape index (κ1) is 20.1. The number of allylic oxidation sites excluding steroid dienone is 2. The number of anilines is 1. The van der Waals surface area contributed by atoms with Crippen LogP contribution >= 0.6 is 0 Å². The fourth-order valence-corrected chi connectivity index (χ4v) is 3.79. The summed E-state index contributed by atoms with van der Waals surface area (Å²) in [7, 11) is 0. The van der Waals surface area contributed by atoms with Crippen LogP contribution in [0.2, 0.25) is 0 Å². The van der Waals surface area contributed by atoms with Crippen molar-refractivity contribution >= 4 is 23.1 Å². The van der Waals surface area contributed by atoms with Gasteiger partial charge in [-0.15, -0.1) is 0 Å². The van der Waals surface area contributed by atoms with Crippen LogP contribution < -0.4 is 10.6 Å². The van der Waals surface area contributed by atoms with E-state index >= 15 is 0 Å². The molecule has 0 bridgehead atoms. The van der Waals surface area contributed by atoms with E-state index in [4.69, 9.17) is 15.7 Å². The third-order valence-corrected chi connectivity index (χ3v) is 5.45. The largest absolute Gasteiger partial charge is 0.401 e. The third-order valence-electron chi connectivity index (χ3n) is 5.45. The summed E-state index contributed by atoms with van der Waals surface area (Å²) in [6.45, 7) is 8.55. The maximum atomic E-state index is 6.29. The Morgan fingerprint density at radius 3 is 2.77 bits per heavy atom. The molecule has 2 heterocycles. The molecule has 0 aliphatic heterocycles. The Hall–Kier alpha value is -3.15. The second kappa shape index (κ2) is 8.69. The molecule has 0 saturated heterocycles. The van der Waals surface area contributed by atoms with Crippen molar-refractivity contribution in [3.63, 3.8) is 0 Å². The standard InChI is InChI=1S/C24H30N6/c1-4-26-13-12-19(25)16-30-22-10-6-17(3)14-21(22)28-24(30)18-7-11-23(27-15-18)29(5-2)20-8-9-20/h6-7,10-15,20H,4-5,8-9,16,25H2,1-3H3. The van der Waals surface area contributed by atoms with Gasteiger partial charge in [-0.25, -0.2) is 9.97 Å². The van der Waals surface area contributed by atoms with Crippen molar-refractivity contribution in [1.29, 1.82) is 0 Å². The molecule has 0 amide bonds. The average Bonchev–Trinajstić information content (AvgIpc) is 3.52. The molecule has 1 aliphatic carbocycles. The van der Waals surface area contributed by atoms with E-state index in [9.17, 15) is 0 Å². The van der Waals surface area contributed by atoms with Crippen LogP contribution in [0.5, 0.6) is 0 Å². The number of aromatic nitrogens is 3. The number of nitrogens with two attached hydrogens (primary N) is 1. The SMILES string of the molecule is CCN=CC=C(N)Cn1c(-c2ccc(N(CC)C3CC3)nc2)nc2cc(C)ccc21. The smallest absolute Gasteiger partial charge is 0.143 e. The van der Waals surface area contributed by atoms with Crippen molar-refractivity contribution < 1.29 is 0 Å². The van der Waals surface area contributed by atoms with Crippen molar-refractivity contribution in [1.82, 2.24) is 14.5 Å². The van der Waals surface area contributed by atoms with E-state index in [1.165, 1.54) is 18.4 Å². The lowest BCUT2D eigenvalue weighted by molar-refractivity contribution is 0.802. The highest BCUT2D eigenvalue weighted by Gasteiger charge is 2.28. The van der Waals surface area contributed by atoms with Crippen molar-refractivity contribution in [3.05, 3.63) is 53.9 Å². The molecule has 1 saturated carbocycles. The first-order valence-corrected chi connectivity index (χ1v) is 10.7. The Bertz CT molecular complexity index is 1070. The highest BCUT2D eigenvalue weighted by molar-refractivity contribution is 5.81. The zero-order valence-electron chi connectivity index (χ0n) is 18.0. The lowest BCUT2D eigenvalue weighted by Gasteiger charge is -2.21. The van der Waals surface area contributed by atoms with Gasteiger partial charge in [0.2, 0.25) is 0 Å². The maximum absolute atomic E-state index is 6.29. The molecule has 0 atom stereocenters. The Kier molecular flexibility index (Phi) is 5.84. The fraction of sp³-hybridized carbons (Fsp3) is 0.375. The van der Waals surface area contributed by atoms with Crippen LogP contribution in [-0.2, 0) is 6.54 Å². The van der Waals surface area contributed by atoms with Gasteiger partial charge in [-0.3, -0.25) is 4.99 Å². The minimum absolute atomic E-state index is 0.551. The van der Waals surface area contributed by atoms with Crippen LogP contribution in [0.3, 0.4) is 0 Å². The Labute approximate surface area is 178 Å². The second-order valence-corrected chi connectivity index (χ2v) is 7.83. The monoisotopic (exact) mass is 402 g/mol. The highest BCUT2D eigenvalue weighted by Crippen LogP contribution is 2.32. The molecule has 0 unspecified atom stereocenters. The molecule has 2 aromatic heterocycles. The number of rotatable bonds is 8. The maximum Gasteiger partial charge on any atom is 0.143 e. The van der Waals surface area contributed by atoms with Gasteiger partial charge in [-0.05, 0) is 69.5 Å². The molecule has 3 aromatic rings. The van der Waals surface area contributed by atoms with Crippen molar-refractivity contribution in [2.45, 2.75) is 46.2 Å². The van der Waals surface area contributed by atoms with Gasteiger partial charge in [0.15, 0.2) is 0 Å². The van der Waals surface area contributed by atoms with Crippen molar-refractivity contribution in [2.24, 2.45) is 10.7 Å². The molecule has 1 aromatic carbocycles. The molecule has 30 heavy (non-hydrogen) atoms. The molecule has 156 valence electrons. The summed E-state index contributed by atoms with van der Waals surface area (Å²) in [6.07, 6.45) is 8.09. The molecule has 0 spiro atoms. The molecule has 1 fully saturated rings. The fourth-order valence-electron chi connectivity index (χ4n) is 3.79. The highest BCUT2D eigenvalue weighted by atomic mass is 15.2. The molecule has 1 aliphatic rings. The average molecular weight is 403 g/mol. The molecular weight excluding hydrogens is 372 g/mol. The van der Waals surface area contributed by atoms with Crippen LogP contribution in [0.4, 0.5) is 5.82 Å². The molecule has 4 rings (SSSR count). The summed E-state index contributed by atoms with van der Waals surface area (Å²) in [6, 6.07) is 11.2. The minimum Gasteiger partial charge on any atom is -0.401 e. The first-order chi connectivity index (χ1) is 14.6. The van der Waals surface area contributed by atoms with Crippen molar-refractivity contribution in [2.75, 3.05) is 18.0 Å². The summed E-state index contributed by atoms with van der Waals surface area (Å²) in [5, 5.41) is 0. The summed E-state index contributed by atoms with van der Waals surface area (Å²) in [5.74, 6) is 1.92. The van der Waals surface area contributed by atoms with Gasteiger partial charge in [0.1, 0.15) is 11.6 Å². The van der Waals surface area contributed by atoms with Crippen LogP contribution in [0.25, 0.3) is 22.4 Å². The normalized spacial score (nSPS) is 14.7. The number of benzene rings is 1. The number of aryl methyl sites for hydroxylation is 1. The molecular formula is C24H30N6. The van der Waals surface area contributed by atoms with Gasteiger partial charge in [0, 0.05) is 42.8 Å². The zero-order valence-corrected chi connectivity index (χ0v) is 18.0. The lowest BCUT2D eigenvalue weighted by Crippen LogP contribution is -2.25. The van der Waals surface area contributed by atoms with E-state index in [0.717, 1.165) is 47.0 Å². The number of nitrogens with zero attached hydrogens (tertiary/aromatic N) is 5. The van der Waals surface area contributed by atoms with E-state index in [1.807, 2.05) is 19.2 Å². The quantitative estimate of drug-likeness (QED) is 0.569. The second-order valence-electron chi connectivity index (χ2n) is 7.83. The zero-order chi connectivity index (χ0) is 21.1. The van der Waals surface area contributed by atoms with Crippen LogP contribution in [-0.4, -0.2) is 39.9 Å². The number of fused-ring (bicyclic) bond motifs is 1. The van der Waals surface area contributed by atoms with Gasteiger partial charge in [-0.1, -0.05) is 6.07 Å². The van der Waals surface area contributed by atoms with Crippen LogP contribution in [0.15, 0.2) is 53.3 Å². The number of aliphatic imine (C=N–C) groups is 1. The third kappa shape index (κ3) is 4.22. The summed E-state index contributed by atoms with van der Waals surface area (Å²) in [5.41, 5.74) is 11.3. The molecule has 2 N–H and O–H groups in total. The number of imidazole rings is 1. The Balaban J connectivity index is 1.72. The van der Waals surface area contributed by atoms with Gasteiger partial charge in [-0.2, -0.15) is 0 Å². The predicted molar refractivity (Wildman–Crippen MR) is 125 cm³/mol. The van der Waals surface area contributed by atoms with Gasteiger partial charge in [0.25, 0.3) is 0 Å². The van der Waals surface area contributed by atoms with Gasteiger partial charge in [0.05, 0.1) is 17.6 Å². The number of hydrogen-bond acceptors (Lipinski definition) is 5. The number of hydrogen-bond donors (Lipinski definition) is 1. The van der Waals surface area contributed by atoms with E-state index < -0.39 is 0 Å². The van der Waals surface area contributed by atoms with Crippen molar-refractivity contribution in [3.8, 4) is 11.4 Å². The van der Waals surface area contributed by atoms with E-state index in [1.54, 1.807) is 6.21 Å². The van der Waals surface area contributed by atoms with E-state index in [-0.39, 0.29) is 0 Å². The predicted octanol–water partition coefficient (Wildman–Crippen LogP) is 4.33. The topological polar surface area (TPSA) is 72.3 Å². The molecule has 6 heteroatoms. The lowest BCUT2D eigenvalue weighted by atomic mass is 10.2. The summed E-state index contributed by atoms with van der Waals surface area (Å²) < 4.78 is 2.16. The Morgan fingerprint density at radius 1 is 1.27 bits per heavy atom. The van der Waals surface area contributed by atoms with Gasteiger partial charge < -0.3 is 15.2 Å². The molecule has 0 radical (unpaired) electrons. The molecule has 6 nitrogen and oxygen atoms in total. The van der Waals surface area contributed by atoms with Crippen LogP contribution in [0, 0.1) is 6.92 Å². The van der Waals surface area contributed by atoms with Gasteiger partial charge >= 0.3 is 0 Å². The summed E-state index contributed by atoms with van der Waals surface area (Å²) >= 11 is 0. The summed E-state index contributed by atoms with van der Waals surface area (Å²) in [4.78, 5) is 16.3. The van der Waals surface area contributed by atoms with E-state index in [0.29, 0.717) is 12.6 Å². The van der Waals surface area contributed by atoms with E-state index in [2.05, 4.69) is 58.6 Å².